The minimum atomic E-state index is -0.957. The molecule has 112 valence electrons. The van der Waals surface area contributed by atoms with Gasteiger partial charge in [0.15, 0.2) is 0 Å². The van der Waals surface area contributed by atoms with Crippen molar-refractivity contribution < 1.29 is 14.2 Å². The van der Waals surface area contributed by atoms with Gasteiger partial charge in [0.2, 0.25) is 0 Å². The molecule has 1 heterocycles. The summed E-state index contributed by atoms with van der Waals surface area (Å²) in [5.74, 6) is 0.323. The van der Waals surface area contributed by atoms with Crippen molar-refractivity contribution in [2.75, 3.05) is 7.11 Å². The number of rotatable bonds is 4. The van der Waals surface area contributed by atoms with Crippen LogP contribution in [0.25, 0.3) is 0 Å². The van der Waals surface area contributed by atoms with E-state index in [1.165, 1.54) is 6.07 Å². The Kier molecular flexibility index (Phi) is 4.96. The second-order valence-corrected chi connectivity index (χ2v) is 5.85. The van der Waals surface area contributed by atoms with Gasteiger partial charge >= 0.3 is 0 Å². The zero-order chi connectivity index (χ0) is 15.6. The van der Waals surface area contributed by atoms with Crippen molar-refractivity contribution in [3.8, 4) is 5.75 Å². The average molecular weight is 354 g/mol. The third-order valence-corrected chi connectivity index (χ3v) is 3.95. The molecule has 1 unspecified atom stereocenters. The number of halogens is 2. The number of benzene rings is 1. The van der Waals surface area contributed by atoms with Crippen LogP contribution in [0.4, 0.5) is 4.39 Å². The number of pyridine rings is 1. The van der Waals surface area contributed by atoms with E-state index in [-0.39, 0.29) is 12.0 Å². The second-order valence-electron chi connectivity index (χ2n) is 4.93. The SMILES string of the molecule is COc1c(C)cnc(CC(O)c2cc(Br)ccc2F)c1C. The lowest BCUT2D eigenvalue weighted by Gasteiger charge is -2.16. The number of hydrogen-bond donors (Lipinski definition) is 1. The van der Waals surface area contributed by atoms with Crippen LogP contribution in [0.2, 0.25) is 0 Å². The Morgan fingerprint density at radius 2 is 2.10 bits per heavy atom. The molecule has 0 saturated carbocycles. The fourth-order valence-electron chi connectivity index (χ4n) is 2.34. The van der Waals surface area contributed by atoms with Crippen molar-refractivity contribution in [3.05, 3.63) is 57.1 Å². The zero-order valence-electron chi connectivity index (χ0n) is 12.2. The molecule has 1 aromatic heterocycles. The molecule has 0 amide bonds. The molecule has 0 aliphatic heterocycles. The molecule has 1 N–H and O–H groups in total. The molecule has 1 aromatic carbocycles. The molecule has 21 heavy (non-hydrogen) atoms. The molecule has 0 fully saturated rings. The molecule has 5 heteroatoms. The van der Waals surface area contributed by atoms with E-state index >= 15 is 0 Å². The highest BCUT2D eigenvalue weighted by molar-refractivity contribution is 9.10. The molecule has 0 saturated heterocycles. The van der Waals surface area contributed by atoms with Gasteiger partial charge in [-0.15, -0.1) is 0 Å². The first-order chi connectivity index (χ1) is 9.93. The Morgan fingerprint density at radius 1 is 1.38 bits per heavy atom. The normalized spacial score (nSPS) is 12.3. The Morgan fingerprint density at radius 3 is 2.76 bits per heavy atom. The summed E-state index contributed by atoms with van der Waals surface area (Å²) in [7, 11) is 1.60. The molecule has 3 nitrogen and oxygen atoms in total. The summed E-state index contributed by atoms with van der Waals surface area (Å²) in [5, 5.41) is 10.3. The van der Waals surface area contributed by atoms with Gasteiger partial charge in [-0.25, -0.2) is 4.39 Å². The van der Waals surface area contributed by atoms with Crippen LogP contribution in [0.15, 0.2) is 28.9 Å². The van der Waals surface area contributed by atoms with Crippen LogP contribution >= 0.6 is 15.9 Å². The molecular weight excluding hydrogens is 337 g/mol. The van der Waals surface area contributed by atoms with Gasteiger partial charge in [-0.3, -0.25) is 4.98 Å². The molecular formula is C16H17BrFNO2. The minimum absolute atomic E-state index is 0.232. The number of nitrogens with zero attached hydrogens (tertiary/aromatic N) is 1. The quantitative estimate of drug-likeness (QED) is 0.906. The maximum Gasteiger partial charge on any atom is 0.129 e. The predicted molar refractivity (Wildman–Crippen MR) is 83.0 cm³/mol. The number of hydrogen-bond acceptors (Lipinski definition) is 3. The lowest BCUT2D eigenvalue weighted by atomic mass is 10.0. The predicted octanol–water partition coefficient (Wildman–Crippen LogP) is 3.88. The first-order valence-corrected chi connectivity index (χ1v) is 7.35. The van der Waals surface area contributed by atoms with E-state index in [1.54, 1.807) is 25.4 Å². The van der Waals surface area contributed by atoms with E-state index in [0.29, 0.717) is 5.69 Å². The summed E-state index contributed by atoms with van der Waals surface area (Å²) in [5.41, 5.74) is 2.75. The smallest absolute Gasteiger partial charge is 0.129 e. The van der Waals surface area contributed by atoms with E-state index in [1.807, 2.05) is 13.8 Å². The van der Waals surface area contributed by atoms with Crippen molar-refractivity contribution >= 4 is 15.9 Å². The standard InChI is InChI=1S/C16H17BrFNO2/c1-9-8-19-14(10(2)16(9)21-3)7-15(20)12-6-11(17)4-5-13(12)18/h4-6,8,15,20H,7H2,1-3H3. The third kappa shape index (κ3) is 3.41. The lowest BCUT2D eigenvalue weighted by molar-refractivity contribution is 0.172. The van der Waals surface area contributed by atoms with Crippen molar-refractivity contribution in [2.24, 2.45) is 0 Å². The highest BCUT2D eigenvalue weighted by Crippen LogP contribution is 2.29. The summed E-state index contributed by atoms with van der Waals surface area (Å²) < 4.78 is 19.9. The Balaban J connectivity index is 2.32. The summed E-state index contributed by atoms with van der Waals surface area (Å²) >= 11 is 3.28. The largest absolute Gasteiger partial charge is 0.496 e. The monoisotopic (exact) mass is 353 g/mol. The fourth-order valence-corrected chi connectivity index (χ4v) is 2.72. The van der Waals surface area contributed by atoms with Gasteiger partial charge in [-0.05, 0) is 32.0 Å². The average Bonchev–Trinajstić information content (AvgIpc) is 2.45. The van der Waals surface area contributed by atoms with E-state index in [2.05, 4.69) is 20.9 Å². The first-order valence-electron chi connectivity index (χ1n) is 6.56. The number of aliphatic hydroxyl groups is 1. The lowest BCUT2D eigenvalue weighted by Crippen LogP contribution is -2.08. The second kappa shape index (κ2) is 6.54. The molecule has 0 aliphatic carbocycles. The van der Waals surface area contributed by atoms with Crippen LogP contribution in [0.1, 0.15) is 28.5 Å². The van der Waals surface area contributed by atoms with Crippen LogP contribution in [0.3, 0.4) is 0 Å². The van der Waals surface area contributed by atoms with Crippen LogP contribution in [-0.4, -0.2) is 17.2 Å². The van der Waals surface area contributed by atoms with Crippen LogP contribution < -0.4 is 4.74 Å². The van der Waals surface area contributed by atoms with Gasteiger partial charge in [-0.2, -0.15) is 0 Å². The molecule has 2 aromatic rings. The molecule has 0 radical (unpaired) electrons. The van der Waals surface area contributed by atoms with Crippen LogP contribution in [0.5, 0.6) is 5.75 Å². The number of methoxy groups -OCH3 is 1. The molecule has 0 spiro atoms. The van der Waals surface area contributed by atoms with Crippen LogP contribution in [0, 0.1) is 19.7 Å². The van der Waals surface area contributed by atoms with Gasteiger partial charge in [-0.1, -0.05) is 15.9 Å². The highest BCUT2D eigenvalue weighted by atomic mass is 79.9. The van der Waals surface area contributed by atoms with Crippen molar-refractivity contribution in [2.45, 2.75) is 26.4 Å². The number of aryl methyl sites for hydroxylation is 1. The topological polar surface area (TPSA) is 42.4 Å². The third-order valence-electron chi connectivity index (χ3n) is 3.45. The van der Waals surface area contributed by atoms with Gasteiger partial charge in [0.05, 0.1) is 13.2 Å². The zero-order valence-corrected chi connectivity index (χ0v) is 13.7. The van der Waals surface area contributed by atoms with E-state index in [0.717, 1.165) is 21.3 Å². The Bertz CT molecular complexity index is 661. The Hall–Kier alpha value is -1.46. The summed E-state index contributed by atoms with van der Waals surface area (Å²) in [6, 6.07) is 4.52. The molecule has 2 rings (SSSR count). The van der Waals surface area contributed by atoms with E-state index < -0.39 is 11.9 Å². The maximum absolute atomic E-state index is 13.8. The first kappa shape index (κ1) is 15.9. The van der Waals surface area contributed by atoms with Crippen molar-refractivity contribution in [1.82, 2.24) is 4.98 Å². The van der Waals surface area contributed by atoms with E-state index in [4.69, 9.17) is 4.74 Å². The van der Waals surface area contributed by atoms with Gasteiger partial charge < -0.3 is 9.84 Å². The minimum Gasteiger partial charge on any atom is -0.496 e. The maximum atomic E-state index is 13.8. The molecule has 1 atom stereocenters. The van der Waals surface area contributed by atoms with E-state index in [9.17, 15) is 9.50 Å². The number of aliphatic hydroxyl groups excluding tert-OH is 1. The van der Waals surface area contributed by atoms with Gasteiger partial charge in [0.25, 0.3) is 0 Å². The fraction of sp³-hybridized carbons (Fsp3) is 0.312. The summed E-state index contributed by atoms with van der Waals surface area (Å²) in [6.07, 6.45) is 0.974. The van der Waals surface area contributed by atoms with Gasteiger partial charge in [0, 0.05) is 39.5 Å². The highest BCUT2D eigenvalue weighted by Gasteiger charge is 2.18. The number of aromatic nitrogens is 1. The Labute approximate surface area is 131 Å². The molecule has 0 bridgehead atoms. The van der Waals surface area contributed by atoms with Gasteiger partial charge in [0.1, 0.15) is 11.6 Å². The van der Waals surface area contributed by atoms with Crippen molar-refractivity contribution in [1.29, 1.82) is 0 Å². The number of ether oxygens (including phenoxy) is 1. The molecule has 0 aliphatic rings. The summed E-state index contributed by atoms with van der Waals surface area (Å²) in [4.78, 5) is 4.33. The van der Waals surface area contributed by atoms with Crippen molar-refractivity contribution in [3.63, 3.8) is 0 Å². The summed E-state index contributed by atoms with van der Waals surface area (Å²) in [6.45, 7) is 3.80. The van der Waals surface area contributed by atoms with Crippen LogP contribution in [-0.2, 0) is 6.42 Å².